The first-order valence-corrected chi connectivity index (χ1v) is 10.7. The Kier molecular flexibility index (Phi) is 4.56. The molecular formula is C19H22ClN4O3S+. The summed E-state index contributed by atoms with van der Waals surface area (Å²) in [5, 5.41) is 15.9. The zero-order valence-corrected chi connectivity index (χ0v) is 17.1. The van der Waals surface area contributed by atoms with Crippen LogP contribution in [-0.2, 0) is 9.47 Å². The van der Waals surface area contributed by atoms with Crippen LogP contribution in [0, 0.1) is 6.92 Å². The molecule has 9 heteroatoms. The van der Waals surface area contributed by atoms with E-state index in [1.54, 1.807) is 0 Å². The lowest BCUT2D eigenvalue weighted by Gasteiger charge is -2.38. The van der Waals surface area contributed by atoms with Crippen molar-refractivity contribution in [1.82, 2.24) is 14.6 Å². The number of rotatable bonds is 3. The van der Waals surface area contributed by atoms with Gasteiger partial charge in [-0.25, -0.2) is 4.98 Å². The molecule has 148 valence electrons. The number of thiazole rings is 1. The lowest BCUT2D eigenvalue weighted by Crippen LogP contribution is -3.14. The Hall–Kier alpha value is -1.71. The molecule has 2 aliphatic heterocycles. The number of nitrogens with one attached hydrogen (secondary N) is 1. The number of nitrogens with zero attached hydrogens (tertiary/aromatic N) is 3. The average molecular weight is 422 g/mol. The molecule has 1 aromatic carbocycles. The van der Waals surface area contributed by atoms with Gasteiger partial charge >= 0.3 is 0 Å². The lowest BCUT2D eigenvalue weighted by atomic mass is 9.97. The highest BCUT2D eigenvalue weighted by atomic mass is 35.5. The maximum Gasteiger partial charge on any atom is 0.235 e. The van der Waals surface area contributed by atoms with Crippen molar-refractivity contribution in [1.29, 1.82) is 0 Å². The Bertz CT molecular complexity index is 1000. The van der Waals surface area contributed by atoms with Crippen molar-refractivity contribution in [3.8, 4) is 5.88 Å². The van der Waals surface area contributed by atoms with Crippen molar-refractivity contribution >= 4 is 27.9 Å². The molecule has 7 nitrogen and oxygen atoms in total. The first kappa shape index (κ1) is 18.3. The molecule has 0 radical (unpaired) electrons. The van der Waals surface area contributed by atoms with Crippen molar-refractivity contribution in [2.45, 2.75) is 31.6 Å². The van der Waals surface area contributed by atoms with Gasteiger partial charge in [-0.2, -0.15) is 4.52 Å². The second-order valence-electron chi connectivity index (χ2n) is 7.36. The zero-order chi connectivity index (χ0) is 19.3. The topological polar surface area (TPSA) is 73.3 Å². The Morgan fingerprint density at radius 1 is 1.25 bits per heavy atom. The van der Waals surface area contributed by atoms with E-state index in [0.29, 0.717) is 29.0 Å². The van der Waals surface area contributed by atoms with Gasteiger partial charge in [0.25, 0.3) is 0 Å². The molecule has 2 fully saturated rings. The highest BCUT2D eigenvalue weighted by Crippen LogP contribution is 2.38. The van der Waals surface area contributed by atoms with Crippen LogP contribution in [0.3, 0.4) is 0 Å². The molecular weight excluding hydrogens is 400 g/mol. The van der Waals surface area contributed by atoms with E-state index in [0.717, 1.165) is 36.4 Å². The molecule has 0 saturated carbocycles. The molecule has 2 saturated heterocycles. The third-order valence-corrected chi connectivity index (χ3v) is 7.09. The van der Waals surface area contributed by atoms with Crippen molar-refractivity contribution in [2.24, 2.45) is 0 Å². The largest absolute Gasteiger partial charge is 0.492 e. The maximum absolute atomic E-state index is 10.9. The summed E-state index contributed by atoms with van der Waals surface area (Å²) in [6, 6.07) is 7.75. The molecule has 0 bridgehead atoms. The minimum Gasteiger partial charge on any atom is -0.492 e. The van der Waals surface area contributed by atoms with Crippen LogP contribution in [-0.4, -0.2) is 51.8 Å². The predicted octanol–water partition coefficient (Wildman–Crippen LogP) is 1.97. The summed E-state index contributed by atoms with van der Waals surface area (Å²) in [6.07, 6.45) is 1.65. The molecule has 0 unspecified atom stereocenters. The van der Waals surface area contributed by atoms with Gasteiger partial charge in [0.05, 0.1) is 44.2 Å². The van der Waals surface area contributed by atoms with Crippen LogP contribution < -0.4 is 4.90 Å². The van der Waals surface area contributed by atoms with Crippen LogP contribution in [0.25, 0.3) is 4.96 Å². The van der Waals surface area contributed by atoms with Gasteiger partial charge in [-0.3, -0.25) is 0 Å². The van der Waals surface area contributed by atoms with Gasteiger partial charge in [0.2, 0.25) is 10.8 Å². The van der Waals surface area contributed by atoms with E-state index in [-0.39, 0.29) is 11.9 Å². The standard InChI is InChI=1S/C19H21ClN4O3S/c1-12-21-18-24(22-12)17(25)16(28-18)15(13-4-2-3-5-14(13)20)23-8-6-19(7-9-23)26-10-11-27-19/h2-5,15,25H,6-11H2,1H3/p+1/t15-/m0/s1. The smallest absolute Gasteiger partial charge is 0.235 e. The number of ether oxygens (including phenoxy) is 2. The highest BCUT2D eigenvalue weighted by molar-refractivity contribution is 7.17. The molecule has 4 heterocycles. The van der Waals surface area contributed by atoms with E-state index in [9.17, 15) is 5.11 Å². The lowest BCUT2D eigenvalue weighted by molar-refractivity contribution is -0.933. The Morgan fingerprint density at radius 3 is 2.64 bits per heavy atom. The second kappa shape index (κ2) is 6.96. The third kappa shape index (κ3) is 3.00. The quantitative estimate of drug-likeness (QED) is 0.676. The summed E-state index contributed by atoms with van der Waals surface area (Å²) in [5.41, 5.74) is 1.000. The summed E-state index contributed by atoms with van der Waals surface area (Å²) in [4.78, 5) is 7.28. The van der Waals surface area contributed by atoms with E-state index in [2.05, 4.69) is 10.1 Å². The Morgan fingerprint density at radius 2 is 1.96 bits per heavy atom. The second-order valence-corrected chi connectivity index (χ2v) is 8.78. The molecule has 28 heavy (non-hydrogen) atoms. The summed E-state index contributed by atoms with van der Waals surface area (Å²) in [6.45, 7) is 4.87. The first-order valence-electron chi connectivity index (χ1n) is 9.48. The molecule has 1 spiro atoms. The number of likely N-dealkylation sites (tertiary alicyclic amines) is 1. The van der Waals surface area contributed by atoms with Crippen LogP contribution in [0.4, 0.5) is 0 Å². The average Bonchev–Trinajstić information content (AvgIpc) is 3.36. The summed E-state index contributed by atoms with van der Waals surface area (Å²) in [7, 11) is 0. The molecule has 2 N–H and O–H groups in total. The maximum atomic E-state index is 10.9. The first-order chi connectivity index (χ1) is 13.6. The third-order valence-electron chi connectivity index (χ3n) is 5.66. The van der Waals surface area contributed by atoms with Crippen LogP contribution in [0.5, 0.6) is 5.88 Å². The fourth-order valence-electron chi connectivity index (χ4n) is 4.32. The number of benzene rings is 1. The van der Waals surface area contributed by atoms with Gasteiger partial charge < -0.3 is 19.5 Å². The number of fused-ring (bicyclic) bond motifs is 1. The van der Waals surface area contributed by atoms with Gasteiger partial charge in [-0.05, 0) is 13.0 Å². The number of hydrogen-bond donors (Lipinski definition) is 2. The van der Waals surface area contributed by atoms with E-state index >= 15 is 0 Å². The van der Waals surface area contributed by atoms with E-state index in [1.165, 1.54) is 20.8 Å². The number of hydrogen-bond acceptors (Lipinski definition) is 6. The van der Waals surface area contributed by atoms with Gasteiger partial charge in [-0.15, -0.1) is 5.10 Å². The molecule has 2 aromatic heterocycles. The van der Waals surface area contributed by atoms with E-state index in [4.69, 9.17) is 21.1 Å². The Labute approximate surface area is 171 Å². The molecule has 5 rings (SSSR count). The number of piperidine rings is 1. The zero-order valence-electron chi connectivity index (χ0n) is 15.5. The molecule has 2 aliphatic rings. The fourth-order valence-corrected chi connectivity index (χ4v) is 5.74. The number of quaternary nitrogens is 1. The number of halogens is 1. The highest BCUT2D eigenvalue weighted by Gasteiger charge is 2.45. The van der Waals surface area contributed by atoms with Gasteiger partial charge in [-0.1, -0.05) is 41.1 Å². The Balaban J connectivity index is 1.55. The minimum atomic E-state index is -0.431. The number of aromatic hydroxyl groups is 1. The van der Waals surface area contributed by atoms with Crippen molar-refractivity contribution in [3.05, 3.63) is 45.6 Å². The SMILES string of the molecule is Cc1nc2sc([C@H](c3ccccc3Cl)[NH+]3CCC4(CC3)OCCO4)c(O)n2n1. The van der Waals surface area contributed by atoms with Crippen LogP contribution >= 0.6 is 22.9 Å². The van der Waals surface area contributed by atoms with Gasteiger partial charge in [0.1, 0.15) is 10.7 Å². The number of aryl methyl sites for hydroxylation is 1. The van der Waals surface area contributed by atoms with Crippen molar-refractivity contribution in [2.75, 3.05) is 26.3 Å². The summed E-state index contributed by atoms with van der Waals surface area (Å²) < 4.78 is 13.3. The van der Waals surface area contributed by atoms with Crippen LogP contribution in [0.2, 0.25) is 5.02 Å². The van der Waals surface area contributed by atoms with Crippen LogP contribution in [0.15, 0.2) is 24.3 Å². The van der Waals surface area contributed by atoms with E-state index < -0.39 is 5.79 Å². The van der Waals surface area contributed by atoms with Gasteiger partial charge in [0.15, 0.2) is 11.8 Å². The summed E-state index contributed by atoms with van der Waals surface area (Å²) >= 11 is 8.05. The van der Waals surface area contributed by atoms with E-state index in [1.807, 2.05) is 31.2 Å². The van der Waals surface area contributed by atoms with Crippen LogP contribution in [0.1, 0.15) is 35.1 Å². The fraction of sp³-hybridized carbons (Fsp3) is 0.474. The number of aromatic nitrogens is 3. The monoisotopic (exact) mass is 421 g/mol. The molecule has 3 aromatic rings. The molecule has 1 atom stereocenters. The normalized spacial score (nSPS) is 20.9. The van der Waals surface area contributed by atoms with Crippen molar-refractivity contribution in [3.63, 3.8) is 0 Å². The molecule has 0 amide bonds. The van der Waals surface area contributed by atoms with Crippen molar-refractivity contribution < 1.29 is 19.5 Å². The van der Waals surface area contributed by atoms with Gasteiger partial charge in [0, 0.05) is 5.56 Å². The predicted molar refractivity (Wildman–Crippen MR) is 105 cm³/mol. The molecule has 0 aliphatic carbocycles. The summed E-state index contributed by atoms with van der Waals surface area (Å²) in [5.74, 6) is 0.357. The minimum absolute atomic E-state index is 0.0961.